The molecule has 0 spiro atoms. The van der Waals surface area contributed by atoms with Crippen LogP contribution in [0.3, 0.4) is 0 Å². The Hall–Kier alpha value is -0.610. The zero-order valence-corrected chi connectivity index (χ0v) is 11.0. The number of halogens is 1. The van der Waals surface area contributed by atoms with Gasteiger partial charge in [-0.05, 0) is 54.7 Å². The van der Waals surface area contributed by atoms with Crippen molar-refractivity contribution in [3.63, 3.8) is 0 Å². The summed E-state index contributed by atoms with van der Waals surface area (Å²) in [6.45, 7) is 2.67. The smallest absolute Gasteiger partial charge is 0.213 e. The maximum Gasteiger partial charge on any atom is 0.213 e. The molecule has 1 aromatic heterocycles. The molecule has 2 N–H and O–H groups in total. The second kappa shape index (κ2) is 5.15. The molecule has 1 fully saturated rings. The normalized spacial score (nSPS) is 24.7. The molecule has 1 aliphatic carbocycles. The summed E-state index contributed by atoms with van der Waals surface area (Å²) < 4.78 is 6.92. The predicted octanol–water partition coefficient (Wildman–Crippen LogP) is 2.66. The van der Waals surface area contributed by atoms with Crippen molar-refractivity contribution in [1.82, 2.24) is 4.98 Å². The summed E-state index contributed by atoms with van der Waals surface area (Å²) in [6, 6.07) is 3.88. The first-order valence-corrected chi connectivity index (χ1v) is 6.50. The standard InChI is InChI=1S/C12H17BrN2O/c1-8-10(13)5-6-12(15-8)16-11-4-2-3-9(11)7-14/h5-6,9,11H,2-4,7,14H2,1H3. The van der Waals surface area contributed by atoms with Gasteiger partial charge >= 0.3 is 0 Å². The zero-order chi connectivity index (χ0) is 11.5. The van der Waals surface area contributed by atoms with E-state index in [1.807, 2.05) is 19.1 Å². The average Bonchev–Trinajstić information content (AvgIpc) is 2.71. The van der Waals surface area contributed by atoms with E-state index in [2.05, 4.69) is 20.9 Å². The highest BCUT2D eigenvalue weighted by atomic mass is 79.9. The summed E-state index contributed by atoms with van der Waals surface area (Å²) in [5.74, 6) is 1.21. The van der Waals surface area contributed by atoms with E-state index >= 15 is 0 Å². The highest BCUT2D eigenvalue weighted by molar-refractivity contribution is 9.10. The van der Waals surface area contributed by atoms with E-state index in [9.17, 15) is 0 Å². The molecule has 0 radical (unpaired) electrons. The van der Waals surface area contributed by atoms with Crippen molar-refractivity contribution in [1.29, 1.82) is 0 Å². The molecule has 0 saturated heterocycles. The van der Waals surface area contributed by atoms with Gasteiger partial charge in [-0.3, -0.25) is 0 Å². The van der Waals surface area contributed by atoms with Crippen LogP contribution in [0.2, 0.25) is 0 Å². The van der Waals surface area contributed by atoms with Crippen LogP contribution in [-0.2, 0) is 0 Å². The molecule has 0 amide bonds. The van der Waals surface area contributed by atoms with Gasteiger partial charge in [-0.15, -0.1) is 0 Å². The highest BCUT2D eigenvalue weighted by Gasteiger charge is 2.28. The molecule has 88 valence electrons. The number of aryl methyl sites for hydroxylation is 1. The SMILES string of the molecule is Cc1nc(OC2CCCC2CN)ccc1Br. The third kappa shape index (κ3) is 2.55. The molecule has 0 aliphatic heterocycles. The van der Waals surface area contributed by atoms with E-state index in [1.165, 1.54) is 12.8 Å². The fraction of sp³-hybridized carbons (Fsp3) is 0.583. The Kier molecular flexibility index (Phi) is 3.82. The molecule has 1 heterocycles. The Balaban J connectivity index is 2.05. The van der Waals surface area contributed by atoms with Gasteiger partial charge in [0.2, 0.25) is 5.88 Å². The first-order valence-electron chi connectivity index (χ1n) is 5.70. The van der Waals surface area contributed by atoms with Crippen LogP contribution in [0.25, 0.3) is 0 Å². The molecule has 2 atom stereocenters. The number of ether oxygens (including phenoxy) is 1. The van der Waals surface area contributed by atoms with Crippen molar-refractivity contribution < 1.29 is 4.74 Å². The van der Waals surface area contributed by atoms with Gasteiger partial charge in [-0.2, -0.15) is 0 Å². The first kappa shape index (κ1) is 11.9. The van der Waals surface area contributed by atoms with Crippen molar-refractivity contribution in [3.8, 4) is 5.88 Å². The van der Waals surface area contributed by atoms with E-state index in [-0.39, 0.29) is 6.10 Å². The Morgan fingerprint density at radius 3 is 3.00 bits per heavy atom. The molecule has 2 rings (SSSR count). The van der Waals surface area contributed by atoms with Crippen molar-refractivity contribution in [2.24, 2.45) is 11.7 Å². The van der Waals surface area contributed by atoms with Gasteiger partial charge in [0.1, 0.15) is 6.10 Å². The monoisotopic (exact) mass is 284 g/mol. The topological polar surface area (TPSA) is 48.1 Å². The van der Waals surface area contributed by atoms with Gasteiger partial charge in [-0.25, -0.2) is 4.98 Å². The summed E-state index contributed by atoms with van der Waals surface area (Å²) in [6.07, 6.45) is 3.73. The summed E-state index contributed by atoms with van der Waals surface area (Å²) in [7, 11) is 0. The Morgan fingerprint density at radius 1 is 1.50 bits per heavy atom. The maximum atomic E-state index is 5.90. The summed E-state index contributed by atoms with van der Waals surface area (Å²) in [5, 5.41) is 0. The molecule has 4 heteroatoms. The minimum absolute atomic E-state index is 0.248. The number of nitrogens with zero attached hydrogens (tertiary/aromatic N) is 1. The average molecular weight is 285 g/mol. The largest absolute Gasteiger partial charge is 0.474 e. The van der Waals surface area contributed by atoms with Crippen molar-refractivity contribution >= 4 is 15.9 Å². The van der Waals surface area contributed by atoms with E-state index in [0.29, 0.717) is 18.3 Å². The van der Waals surface area contributed by atoms with Gasteiger partial charge in [0.25, 0.3) is 0 Å². The highest BCUT2D eigenvalue weighted by Crippen LogP contribution is 2.29. The quantitative estimate of drug-likeness (QED) is 0.928. The second-order valence-corrected chi connectivity index (χ2v) is 5.15. The number of hydrogen-bond acceptors (Lipinski definition) is 3. The number of aromatic nitrogens is 1. The maximum absolute atomic E-state index is 5.90. The van der Waals surface area contributed by atoms with Gasteiger partial charge in [0.15, 0.2) is 0 Å². The van der Waals surface area contributed by atoms with E-state index in [1.54, 1.807) is 0 Å². The molecule has 3 nitrogen and oxygen atoms in total. The first-order chi connectivity index (χ1) is 7.70. The van der Waals surface area contributed by atoms with Gasteiger partial charge < -0.3 is 10.5 Å². The fourth-order valence-electron chi connectivity index (χ4n) is 2.17. The van der Waals surface area contributed by atoms with Crippen molar-refractivity contribution in [2.75, 3.05) is 6.54 Å². The molecule has 2 unspecified atom stereocenters. The van der Waals surface area contributed by atoms with Gasteiger partial charge in [-0.1, -0.05) is 0 Å². The summed E-state index contributed by atoms with van der Waals surface area (Å²) in [4.78, 5) is 4.40. The van der Waals surface area contributed by atoms with Gasteiger partial charge in [0, 0.05) is 16.5 Å². The molecule has 16 heavy (non-hydrogen) atoms. The van der Waals surface area contributed by atoms with E-state index < -0.39 is 0 Å². The molecule has 1 saturated carbocycles. The minimum atomic E-state index is 0.248. The molecule has 1 aliphatic rings. The lowest BCUT2D eigenvalue weighted by molar-refractivity contribution is 0.155. The summed E-state index contributed by atoms with van der Waals surface area (Å²) in [5.41, 5.74) is 6.68. The minimum Gasteiger partial charge on any atom is -0.474 e. The van der Waals surface area contributed by atoms with Crippen LogP contribution in [0.1, 0.15) is 25.0 Å². The number of hydrogen-bond donors (Lipinski definition) is 1. The lowest BCUT2D eigenvalue weighted by Crippen LogP contribution is -2.27. The molecule has 0 bridgehead atoms. The van der Waals surface area contributed by atoms with Crippen LogP contribution in [0.15, 0.2) is 16.6 Å². The van der Waals surface area contributed by atoms with Crippen molar-refractivity contribution in [2.45, 2.75) is 32.3 Å². The van der Waals surface area contributed by atoms with Crippen LogP contribution >= 0.6 is 15.9 Å². The molecular formula is C12H17BrN2O. The lowest BCUT2D eigenvalue weighted by Gasteiger charge is -2.19. The predicted molar refractivity (Wildman–Crippen MR) is 67.5 cm³/mol. The lowest BCUT2D eigenvalue weighted by atomic mass is 10.1. The van der Waals surface area contributed by atoms with Gasteiger partial charge in [0.05, 0.1) is 5.69 Å². The number of pyridine rings is 1. The van der Waals surface area contributed by atoms with Crippen LogP contribution in [0, 0.1) is 12.8 Å². The summed E-state index contributed by atoms with van der Waals surface area (Å²) >= 11 is 3.43. The third-order valence-electron chi connectivity index (χ3n) is 3.16. The number of rotatable bonds is 3. The van der Waals surface area contributed by atoms with E-state index in [4.69, 9.17) is 10.5 Å². The third-order valence-corrected chi connectivity index (χ3v) is 4.00. The molecule has 1 aromatic rings. The fourth-order valence-corrected chi connectivity index (χ4v) is 2.39. The Bertz CT molecular complexity index is 370. The van der Waals surface area contributed by atoms with Crippen LogP contribution in [0.5, 0.6) is 5.88 Å². The van der Waals surface area contributed by atoms with Crippen molar-refractivity contribution in [3.05, 3.63) is 22.3 Å². The van der Waals surface area contributed by atoms with E-state index in [0.717, 1.165) is 16.6 Å². The Labute approximate surface area is 105 Å². The molecular weight excluding hydrogens is 268 g/mol. The van der Waals surface area contributed by atoms with Crippen LogP contribution in [-0.4, -0.2) is 17.6 Å². The zero-order valence-electron chi connectivity index (χ0n) is 9.45. The van der Waals surface area contributed by atoms with Crippen LogP contribution < -0.4 is 10.5 Å². The Morgan fingerprint density at radius 2 is 2.31 bits per heavy atom. The second-order valence-electron chi connectivity index (χ2n) is 4.30. The van der Waals surface area contributed by atoms with Crippen LogP contribution in [0.4, 0.5) is 0 Å². The molecule has 0 aromatic carbocycles. The number of nitrogens with two attached hydrogens (primary N) is 1.